The number of carbonyl (C=O) groups is 1. The summed E-state index contributed by atoms with van der Waals surface area (Å²) < 4.78 is 0. The fraction of sp³-hybridized carbons (Fsp3) is 0.320. The molecule has 2 aromatic carbocycles. The Hall–Kier alpha value is -3.41. The third kappa shape index (κ3) is 5.02. The fourth-order valence-corrected chi connectivity index (χ4v) is 3.72. The molecule has 6 heteroatoms. The Labute approximate surface area is 183 Å². The van der Waals surface area contributed by atoms with Gasteiger partial charge in [-0.25, -0.2) is 9.97 Å². The summed E-state index contributed by atoms with van der Waals surface area (Å²) in [6.45, 7) is 9.15. The number of hydrogen-bond acceptors (Lipinski definition) is 5. The maximum atomic E-state index is 12.5. The van der Waals surface area contributed by atoms with E-state index in [1.54, 1.807) is 6.20 Å². The van der Waals surface area contributed by atoms with Gasteiger partial charge >= 0.3 is 0 Å². The van der Waals surface area contributed by atoms with E-state index >= 15 is 0 Å². The van der Waals surface area contributed by atoms with Crippen molar-refractivity contribution in [1.29, 1.82) is 0 Å². The number of aromatic nitrogens is 2. The molecule has 1 fully saturated rings. The maximum Gasteiger partial charge on any atom is 0.228 e. The molecule has 6 nitrogen and oxygen atoms in total. The third-order valence-corrected chi connectivity index (χ3v) is 5.42. The molecule has 1 N–H and O–H groups in total. The van der Waals surface area contributed by atoms with Crippen LogP contribution in [0.3, 0.4) is 0 Å². The number of amides is 1. The van der Waals surface area contributed by atoms with Gasteiger partial charge in [0.1, 0.15) is 0 Å². The number of hydrogen-bond donors (Lipinski definition) is 1. The highest BCUT2D eigenvalue weighted by molar-refractivity contribution is 5.81. The van der Waals surface area contributed by atoms with Crippen LogP contribution in [0.1, 0.15) is 20.8 Å². The lowest BCUT2D eigenvalue weighted by Gasteiger charge is -2.38. The molecule has 1 aliphatic rings. The summed E-state index contributed by atoms with van der Waals surface area (Å²) >= 11 is 0. The van der Waals surface area contributed by atoms with Gasteiger partial charge in [0.25, 0.3) is 0 Å². The van der Waals surface area contributed by atoms with Crippen LogP contribution in [-0.2, 0) is 4.79 Å². The second-order valence-corrected chi connectivity index (χ2v) is 8.83. The summed E-state index contributed by atoms with van der Waals surface area (Å²) in [4.78, 5) is 25.8. The summed E-state index contributed by atoms with van der Waals surface area (Å²) in [6.07, 6.45) is 1.77. The Morgan fingerprint density at radius 1 is 0.903 bits per heavy atom. The van der Waals surface area contributed by atoms with Gasteiger partial charge in [0, 0.05) is 54.7 Å². The van der Waals surface area contributed by atoms with E-state index in [1.165, 1.54) is 0 Å². The van der Waals surface area contributed by atoms with Crippen molar-refractivity contribution < 1.29 is 4.79 Å². The largest absolute Gasteiger partial charge is 0.368 e. The molecule has 0 bridgehead atoms. The predicted octanol–water partition coefficient (Wildman–Crippen LogP) is 4.58. The zero-order valence-electron chi connectivity index (χ0n) is 18.4. The standard InChI is InChI=1S/C25H29N5O/c1-25(2,3)23(31)30-17-15-29(16-18-30)21-11-9-20(10-12-21)27-24-26-14-13-22(28-24)19-7-5-4-6-8-19/h4-14H,15-18H2,1-3H3,(H,26,27,28). The second-order valence-electron chi connectivity index (χ2n) is 8.83. The fourth-order valence-electron chi connectivity index (χ4n) is 3.72. The van der Waals surface area contributed by atoms with Crippen molar-refractivity contribution in [3.05, 3.63) is 66.9 Å². The van der Waals surface area contributed by atoms with Crippen molar-refractivity contribution in [3.63, 3.8) is 0 Å². The predicted molar refractivity (Wildman–Crippen MR) is 125 cm³/mol. The molecular formula is C25H29N5O. The van der Waals surface area contributed by atoms with Crippen LogP contribution in [0.2, 0.25) is 0 Å². The average molecular weight is 416 g/mol. The number of benzene rings is 2. The molecule has 1 saturated heterocycles. The molecular weight excluding hydrogens is 386 g/mol. The summed E-state index contributed by atoms with van der Waals surface area (Å²) in [7, 11) is 0. The number of nitrogens with one attached hydrogen (secondary N) is 1. The number of nitrogens with zero attached hydrogens (tertiary/aromatic N) is 4. The van der Waals surface area contributed by atoms with Crippen LogP contribution in [0.15, 0.2) is 66.9 Å². The Morgan fingerprint density at radius 2 is 1.58 bits per heavy atom. The first-order valence-electron chi connectivity index (χ1n) is 10.7. The summed E-state index contributed by atoms with van der Waals surface area (Å²) in [5.41, 5.74) is 3.72. The summed E-state index contributed by atoms with van der Waals surface area (Å²) in [5.74, 6) is 0.799. The van der Waals surface area contributed by atoms with E-state index in [0.29, 0.717) is 5.95 Å². The van der Waals surface area contributed by atoms with Crippen molar-refractivity contribution in [2.24, 2.45) is 5.41 Å². The van der Waals surface area contributed by atoms with Gasteiger partial charge in [-0.2, -0.15) is 0 Å². The van der Waals surface area contributed by atoms with Crippen molar-refractivity contribution in [3.8, 4) is 11.3 Å². The molecule has 1 aliphatic heterocycles. The van der Waals surface area contributed by atoms with Crippen molar-refractivity contribution in [2.75, 3.05) is 36.4 Å². The highest BCUT2D eigenvalue weighted by Crippen LogP contribution is 2.24. The van der Waals surface area contributed by atoms with Gasteiger partial charge in [-0.1, -0.05) is 51.1 Å². The highest BCUT2D eigenvalue weighted by Gasteiger charge is 2.29. The number of anilines is 3. The van der Waals surface area contributed by atoms with Crippen LogP contribution in [-0.4, -0.2) is 47.0 Å². The molecule has 31 heavy (non-hydrogen) atoms. The van der Waals surface area contributed by atoms with Gasteiger partial charge in [-0.15, -0.1) is 0 Å². The van der Waals surface area contributed by atoms with Gasteiger partial charge in [0.05, 0.1) is 5.69 Å². The number of carbonyl (C=O) groups excluding carboxylic acids is 1. The topological polar surface area (TPSA) is 61.4 Å². The lowest BCUT2D eigenvalue weighted by molar-refractivity contribution is -0.139. The Morgan fingerprint density at radius 3 is 2.23 bits per heavy atom. The van der Waals surface area contributed by atoms with Gasteiger partial charge in [-0.3, -0.25) is 4.79 Å². The second kappa shape index (κ2) is 8.76. The minimum atomic E-state index is -0.324. The van der Waals surface area contributed by atoms with Gasteiger partial charge in [0.15, 0.2) is 0 Å². The zero-order chi connectivity index (χ0) is 21.8. The van der Waals surface area contributed by atoms with Crippen LogP contribution < -0.4 is 10.2 Å². The lowest BCUT2D eigenvalue weighted by Crippen LogP contribution is -2.51. The molecule has 1 aromatic heterocycles. The van der Waals surface area contributed by atoms with Crippen LogP contribution in [0, 0.1) is 5.41 Å². The van der Waals surface area contributed by atoms with E-state index in [1.807, 2.05) is 74.2 Å². The van der Waals surface area contributed by atoms with Gasteiger partial charge in [-0.05, 0) is 30.3 Å². The van der Waals surface area contributed by atoms with E-state index in [4.69, 9.17) is 0 Å². The molecule has 0 unspecified atom stereocenters. The minimum Gasteiger partial charge on any atom is -0.368 e. The first-order chi connectivity index (χ1) is 14.9. The zero-order valence-corrected chi connectivity index (χ0v) is 18.4. The number of rotatable bonds is 4. The monoisotopic (exact) mass is 415 g/mol. The molecule has 0 aliphatic carbocycles. The third-order valence-electron chi connectivity index (χ3n) is 5.42. The molecule has 2 heterocycles. The quantitative estimate of drug-likeness (QED) is 0.676. The van der Waals surface area contributed by atoms with Crippen LogP contribution in [0.5, 0.6) is 0 Å². The van der Waals surface area contributed by atoms with E-state index < -0.39 is 0 Å². The molecule has 4 rings (SSSR count). The summed E-state index contributed by atoms with van der Waals surface area (Å²) in [6, 6.07) is 20.3. The molecule has 3 aromatic rings. The molecule has 0 radical (unpaired) electrons. The SMILES string of the molecule is CC(C)(C)C(=O)N1CCN(c2ccc(Nc3nccc(-c4ccccc4)n3)cc2)CC1. The van der Waals surface area contributed by atoms with E-state index in [2.05, 4.69) is 32.3 Å². The van der Waals surface area contributed by atoms with Crippen molar-refractivity contribution in [2.45, 2.75) is 20.8 Å². The normalized spacial score (nSPS) is 14.4. The van der Waals surface area contributed by atoms with Crippen molar-refractivity contribution in [1.82, 2.24) is 14.9 Å². The first kappa shape index (κ1) is 20.8. The van der Waals surface area contributed by atoms with E-state index in [9.17, 15) is 4.79 Å². The Balaban J connectivity index is 1.38. The first-order valence-corrected chi connectivity index (χ1v) is 10.7. The summed E-state index contributed by atoms with van der Waals surface area (Å²) in [5, 5.41) is 3.29. The van der Waals surface area contributed by atoms with E-state index in [0.717, 1.165) is 48.8 Å². The molecule has 0 spiro atoms. The maximum absolute atomic E-state index is 12.5. The Kier molecular flexibility index (Phi) is 5.89. The molecule has 1 amide bonds. The van der Waals surface area contributed by atoms with Gasteiger partial charge in [0.2, 0.25) is 11.9 Å². The lowest BCUT2D eigenvalue weighted by atomic mass is 9.94. The van der Waals surface area contributed by atoms with E-state index in [-0.39, 0.29) is 11.3 Å². The molecule has 0 saturated carbocycles. The van der Waals surface area contributed by atoms with Crippen molar-refractivity contribution >= 4 is 23.2 Å². The highest BCUT2D eigenvalue weighted by atomic mass is 16.2. The molecule has 0 atom stereocenters. The number of piperazine rings is 1. The van der Waals surface area contributed by atoms with Crippen LogP contribution in [0.25, 0.3) is 11.3 Å². The molecule has 160 valence electrons. The average Bonchev–Trinajstić information content (AvgIpc) is 2.79. The smallest absolute Gasteiger partial charge is 0.228 e. The minimum absolute atomic E-state index is 0.226. The van der Waals surface area contributed by atoms with Gasteiger partial charge < -0.3 is 15.1 Å². The Bertz CT molecular complexity index is 1020. The van der Waals surface area contributed by atoms with Crippen LogP contribution in [0.4, 0.5) is 17.3 Å². The van der Waals surface area contributed by atoms with Crippen LogP contribution >= 0.6 is 0 Å².